The van der Waals surface area contributed by atoms with Crippen molar-refractivity contribution in [3.8, 4) is 0 Å². The lowest BCUT2D eigenvalue weighted by molar-refractivity contribution is -0.155. The molecule has 0 unspecified atom stereocenters. The van der Waals surface area contributed by atoms with Gasteiger partial charge in [-0.1, -0.05) is 125 Å². The number of imide groups is 2. The molecule has 0 aromatic heterocycles. The van der Waals surface area contributed by atoms with E-state index in [2.05, 4.69) is 101 Å². The summed E-state index contributed by atoms with van der Waals surface area (Å²) in [5.41, 5.74) is 0.00719. The number of amides is 6. The molecule has 2 N–H and O–H groups in total. The SMILES string of the molecule is C1CCOC1.CC(C)(C)OC(=O)N=NC(=O)OC(C)(C)C.O=C1c2ccccc2C(=O)N1O.O=C1c2ccccc2C(=O)N1OC1CCOCC1.OC1CCOCC1.c1ccc(P(c2ccccc2)c2ccccc2)cc1. The van der Waals surface area contributed by atoms with Gasteiger partial charge in [0, 0.05) is 39.6 Å². The Kier molecular flexibility index (Phi) is 24.3. The van der Waals surface area contributed by atoms with E-state index in [-0.39, 0.29) is 40.2 Å². The van der Waals surface area contributed by atoms with Crippen molar-refractivity contribution in [2.24, 2.45) is 10.2 Å². The van der Waals surface area contributed by atoms with Crippen LogP contribution in [0.4, 0.5) is 9.59 Å². The molecule has 5 aliphatic rings. The minimum absolute atomic E-state index is 0.0891. The second kappa shape index (κ2) is 30.7. The van der Waals surface area contributed by atoms with Gasteiger partial charge in [-0.25, -0.2) is 9.59 Å². The molecule has 5 heterocycles. The van der Waals surface area contributed by atoms with Crippen LogP contribution in [0.25, 0.3) is 0 Å². The Morgan fingerprint density at radius 3 is 1.10 bits per heavy atom. The molecule has 19 heteroatoms. The molecule has 0 atom stereocenters. The van der Waals surface area contributed by atoms with Gasteiger partial charge in [0.1, 0.15) is 11.2 Å². The van der Waals surface area contributed by atoms with Gasteiger partial charge in [-0.3, -0.25) is 29.2 Å². The Bertz CT molecular complexity index is 2500. The molecule has 0 saturated carbocycles. The highest BCUT2D eigenvalue weighted by atomic mass is 31.1. The fraction of sp³-hybridized carbons (Fsp3) is 0.379. The van der Waals surface area contributed by atoms with Gasteiger partial charge in [0.15, 0.2) is 0 Å². The zero-order chi connectivity index (χ0) is 55.8. The molecule has 3 fully saturated rings. The van der Waals surface area contributed by atoms with Gasteiger partial charge in [0.25, 0.3) is 23.6 Å². The normalized spacial score (nSPS) is 16.2. The van der Waals surface area contributed by atoms with Gasteiger partial charge < -0.3 is 28.8 Å². The smallest absolute Gasteiger partial charge is 0.441 e. The highest BCUT2D eigenvalue weighted by Crippen LogP contribution is 2.32. The van der Waals surface area contributed by atoms with Gasteiger partial charge in [-0.05, 0) is 128 Å². The molecule has 0 aliphatic carbocycles. The molecule has 5 aromatic rings. The standard InChI is InChI=1S/C18H15P.C13H13NO4.C10H18N2O4.C8H5NO3.C5H10O2.C4H8O/c1-4-10-16(11-5-1)19(17-12-6-2-7-13-17)18-14-8-3-9-15-18;15-12-10-3-1-2-4-11(10)13(16)14(12)18-9-5-7-17-8-6-9;1-9(2,3)15-7(13)11-12-8(14)16-10(4,5)6;10-7-5-3-1-2-4-6(5)8(11)9(7)12;6-5-1-3-7-4-2-5;1-2-4-5-3-1/h1-15H;1-4,9H,5-8H2;1-6H3;1-4,12H;5-6H,1-4H2;1-4H2. The van der Waals surface area contributed by atoms with Crippen LogP contribution in [0, 0.1) is 0 Å². The van der Waals surface area contributed by atoms with E-state index in [0.717, 1.165) is 44.3 Å². The summed E-state index contributed by atoms with van der Waals surface area (Å²) >= 11 is 0. The van der Waals surface area contributed by atoms with Crippen molar-refractivity contribution in [1.82, 2.24) is 10.1 Å². The van der Waals surface area contributed by atoms with Crippen LogP contribution in [-0.2, 0) is 28.5 Å². The van der Waals surface area contributed by atoms with Crippen LogP contribution >= 0.6 is 7.92 Å². The molecule has 5 aromatic carbocycles. The lowest BCUT2D eigenvalue weighted by Crippen LogP contribution is -2.37. The summed E-state index contributed by atoms with van der Waals surface area (Å²) in [5.74, 6) is -2.06. The summed E-state index contributed by atoms with van der Waals surface area (Å²) in [6, 6.07) is 45.4. The second-order valence-corrected chi connectivity index (χ2v) is 21.7. The maximum atomic E-state index is 12.0. The van der Waals surface area contributed by atoms with Crippen molar-refractivity contribution < 1.29 is 67.6 Å². The van der Waals surface area contributed by atoms with Crippen molar-refractivity contribution in [2.45, 2.75) is 103 Å². The summed E-state index contributed by atoms with van der Waals surface area (Å²) < 4.78 is 24.8. The van der Waals surface area contributed by atoms with Crippen LogP contribution in [0.15, 0.2) is 150 Å². The number of aliphatic hydroxyl groups is 1. The maximum absolute atomic E-state index is 12.0. The fourth-order valence-corrected chi connectivity index (χ4v) is 9.70. The number of aliphatic hydroxyl groups excluding tert-OH is 1. The van der Waals surface area contributed by atoms with Crippen molar-refractivity contribution in [3.63, 3.8) is 0 Å². The zero-order valence-corrected chi connectivity index (χ0v) is 45.3. The largest absolute Gasteiger partial charge is 0.453 e. The van der Waals surface area contributed by atoms with E-state index in [1.807, 2.05) is 0 Å². The predicted molar refractivity (Wildman–Crippen MR) is 289 cm³/mol. The summed E-state index contributed by atoms with van der Waals surface area (Å²) in [6.07, 6.45) is 3.55. The number of fused-ring (bicyclic) bond motifs is 2. The van der Waals surface area contributed by atoms with Crippen molar-refractivity contribution >= 4 is 59.7 Å². The number of hydroxylamine groups is 4. The molecule has 5 aliphatic heterocycles. The van der Waals surface area contributed by atoms with Crippen LogP contribution in [0.2, 0.25) is 0 Å². The summed E-state index contributed by atoms with van der Waals surface area (Å²) in [7, 11) is -0.446. The number of carbonyl (C=O) groups is 6. The molecule has 0 bridgehead atoms. The first-order valence-corrected chi connectivity index (χ1v) is 26.7. The Hall–Kier alpha value is -6.89. The number of ether oxygens (including phenoxy) is 5. The summed E-state index contributed by atoms with van der Waals surface area (Å²) in [4.78, 5) is 73.8. The number of hydrogen-bond acceptors (Lipinski definition) is 14. The number of nitrogens with zero attached hydrogens (tertiary/aromatic N) is 4. The second-order valence-electron chi connectivity index (χ2n) is 19.5. The van der Waals surface area contributed by atoms with Crippen LogP contribution < -0.4 is 15.9 Å². The van der Waals surface area contributed by atoms with Gasteiger partial charge in [0.2, 0.25) is 0 Å². The molecule has 10 rings (SSSR count). The minimum Gasteiger partial charge on any atom is -0.441 e. The third-order valence-electron chi connectivity index (χ3n) is 11.0. The number of benzene rings is 5. The number of azo groups is 1. The molecular weight excluding hydrogens is 1010 g/mol. The monoisotopic (exact) mass is 1080 g/mol. The van der Waals surface area contributed by atoms with E-state index >= 15 is 0 Å². The van der Waals surface area contributed by atoms with Crippen molar-refractivity contribution in [3.05, 3.63) is 162 Å². The number of rotatable bonds is 5. The lowest BCUT2D eigenvalue weighted by atomic mass is 10.1. The van der Waals surface area contributed by atoms with E-state index in [1.165, 1.54) is 40.9 Å². The Balaban J connectivity index is 0.000000178. The first-order chi connectivity index (χ1) is 36.8. The Labute approximate surface area is 450 Å². The van der Waals surface area contributed by atoms with E-state index in [0.29, 0.717) is 37.2 Å². The van der Waals surface area contributed by atoms with E-state index < -0.39 is 43.1 Å². The first-order valence-electron chi connectivity index (χ1n) is 25.4. The van der Waals surface area contributed by atoms with Crippen LogP contribution in [0.3, 0.4) is 0 Å². The predicted octanol–water partition coefficient (Wildman–Crippen LogP) is 9.77. The quantitative estimate of drug-likeness (QED) is 0.0723. The van der Waals surface area contributed by atoms with E-state index in [4.69, 9.17) is 38.8 Å². The molecule has 3 saturated heterocycles. The van der Waals surface area contributed by atoms with Gasteiger partial charge >= 0.3 is 12.2 Å². The van der Waals surface area contributed by atoms with E-state index in [9.17, 15) is 28.8 Å². The average molecular weight is 1080 g/mol. The molecule has 77 heavy (non-hydrogen) atoms. The fourth-order valence-electron chi connectivity index (χ4n) is 7.39. The molecule has 0 spiro atoms. The lowest BCUT2D eigenvalue weighted by Gasteiger charge is -2.25. The highest BCUT2D eigenvalue weighted by molar-refractivity contribution is 7.79. The number of hydrogen-bond donors (Lipinski definition) is 2. The molecular formula is C58H69N4O14P. The number of carbonyl (C=O) groups excluding carboxylic acids is 6. The molecule has 410 valence electrons. The third kappa shape index (κ3) is 20.5. The van der Waals surface area contributed by atoms with E-state index in [1.54, 1.807) is 77.9 Å². The molecule has 0 radical (unpaired) electrons. The van der Waals surface area contributed by atoms with Crippen LogP contribution in [-0.4, -0.2) is 119 Å². The average Bonchev–Trinajstić information content (AvgIpc) is 4.17. The zero-order valence-electron chi connectivity index (χ0n) is 44.4. The topological polar surface area (TPSA) is 229 Å². The van der Waals surface area contributed by atoms with Gasteiger partial charge in [-0.2, -0.15) is 0 Å². The van der Waals surface area contributed by atoms with Gasteiger partial charge in [0.05, 0.1) is 34.5 Å². The third-order valence-corrected chi connectivity index (χ3v) is 13.5. The highest BCUT2D eigenvalue weighted by Gasteiger charge is 2.38. The molecule has 18 nitrogen and oxygen atoms in total. The Morgan fingerprint density at radius 2 is 0.805 bits per heavy atom. The van der Waals surface area contributed by atoms with Crippen molar-refractivity contribution in [1.29, 1.82) is 0 Å². The van der Waals surface area contributed by atoms with Crippen LogP contribution in [0.1, 0.15) is 121 Å². The summed E-state index contributed by atoms with van der Waals surface area (Å²) in [6.45, 7) is 14.8. The minimum atomic E-state index is -0.918. The summed E-state index contributed by atoms with van der Waals surface area (Å²) in [5, 5.41) is 29.1. The molecule has 6 amide bonds. The Morgan fingerprint density at radius 1 is 0.494 bits per heavy atom. The van der Waals surface area contributed by atoms with Crippen molar-refractivity contribution in [2.75, 3.05) is 39.6 Å². The van der Waals surface area contributed by atoms with Crippen LogP contribution in [0.5, 0.6) is 0 Å². The maximum Gasteiger partial charge on any atom is 0.453 e. The van der Waals surface area contributed by atoms with Gasteiger partial charge in [-0.15, -0.1) is 10.1 Å². The first kappa shape index (κ1) is 61.0.